The first kappa shape index (κ1) is 17.2. The van der Waals surface area contributed by atoms with Crippen LogP contribution in [0.5, 0.6) is 0 Å². The Bertz CT molecular complexity index is 488. The second-order valence-electron chi connectivity index (χ2n) is 6.11. The van der Waals surface area contributed by atoms with Gasteiger partial charge in [-0.1, -0.05) is 5.16 Å². The highest BCUT2D eigenvalue weighted by molar-refractivity contribution is 5.85. The number of aryl methyl sites for hydroxylation is 2. The number of carbonyl (C=O) groups excluding carboxylic acids is 1. The summed E-state index contributed by atoms with van der Waals surface area (Å²) in [5.41, 5.74) is 0. The van der Waals surface area contributed by atoms with E-state index in [4.69, 9.17) is 4.52 Å². The van der Waals surface area contributed by atoms with Crippen molar-refractivity contribution >= 4 is 18.3 Å². The average molecular weight is 329 g/mol. The molecule has 2 fully saturated rings. The summed E-state index contributed by atoms with van der Waals surface area (Å²) in [5, 5.41) is 3.75. The summed E-state index contributed by atoms with van der Waals surface area (Å²) < 4.78 is 5.06. The van der Waals surface area contributed by atoms with Crippen LogP contribution in [0.3, 0.4) is 0 Å². The molecule has 2 aliphatic heterocycles. The Morgan fingerprint density at radius 3 is 2.73 bits per heavy atom. The van der Waals surface area contributed by atoms with Gasteiger partial charge in [-0.05, 0) is 45.7 Å². The zero-order valence-electron chi connectivity index (χ0n) is 13.2. The predicted octanol–water partition coefficient (Wildman–Crippen LogP) is 1.82. The van der Waals surface area contributed by atoms with Crippen molar-refractivity contribution in [2.45, 2.75) is 51.5 Å². The van der Waals surface area contributed by atoms with Crippen LogP contribution in [0.25, 0.3) is 0 Å². The lowest BCUT2D eigenvalue weighted by Crippen LogP contribution is -2.49. The molecule has 6 nitrogen and oxygen atoms in total. The Kier molecular flexibility index (Phi) is 6.20. The Hall–Kier alpha value is -1.14. The first-order valence-electron chi connectivity index (χ1n) is 8.03. The quantitative estimate of drug-likeness (QED) is 0.843. The molecular weight excluding hydrogens is 304 g/mol. The standard InChI is InChI=1S/C15H24N4O2.ClH/c1-12-16-14(21-17-12)6-7-15(20)19-10-4-5-13(11-19)18-8-2-3-9-18;/h13H,2-11H2,1H3;1H. The van der Waals surface area contributed by atoms with Gasteiger partial charge in [0, 0.05) is 32.0 Å². The van der Waals surface area contributed by atoms with Crippen molar-refractivity contribution < 1.29 is 9.32 Å². The molecule has 124 valence electrons. The van der Waals surface area contributed by atoms with Gasteiger partial charge in [0.1, 0.15) is 0 Å². The summed E-state index contributed by atoms with van der Waals surface area (Å²) in [4.78, 5) is 21.1. The topological polar surface area (TPSA) is 62.5 Å². The van der Waals surface area contributed by atoms with Crippen LogP contribution in [0.2, 0.25) is 0 Å². The maximum Gasteiger partial charge on any atom is 0.227 e. The molecule has 1 atom stereocenters. The van der Waals surface area contributed by atoms with Crippen molar-refractivity contribution in [1.29, 1.82) is 0 Å². The van der Waals surface area contributed by atoms with Crippen LogP contribution in [-0.2, 0) is 11.2 Å². The van der Waals surface area contributed by atoms with Crippen molar-refractivity contribution in [2.75, 3.05) is 26.2 Å². The van der Waals surface area contributed by atoms with E-state index in [-0.39, 0.29) is 18.3 Å². The summed E-state index contributed by atoms with van der Waals surface area (Å²) >= 11 is 0. The molecule has 2 saturated heterocycles. The van der Waals surface area contributed by atoms with E-state index in [0.29, 0.717) is 30.6 Å². The smallest absolute Gasteiger partial charge is 0.227 e. The molecular formula is C15H25ClN4O2. The number of hydrogen-bond acceptors (Lipinski definition) is 5. The molecule has 1 aromatic heterocycles. The van der Waals surface area contributed by atoms with Crippen molar-refractivity contribution in [1.82, 2.24) is 19.9 Å². The fourth-order valence-electron chi connectivity index (χ4n) is 3.40. The lowest BCUT2D eigenvalue weighted by molar-refractivity contribution is -0.133. The molecule has 3 rings (SSSR count). The van der Waals surface area contributed by atoms with E-state index in [1.807, 2.05) is 4.90 Å². The van der Waals surface area contributed by atoms with Gasteiger partial charge < -0.3 is 9.42 Å². The first-order chi connectivity index (χ1) is 10.2. The Morgan fingerprint density at radius 2 is 2.05 bits per heavy atom. The Labute approximate surface area is 137 Å². The molecule has 0 spiro atoms. The predicted molar refractivity (Wildman–Crippen MR) is 85.0 cm³/mol. The SMILES string of the molecule is Cc1noc(CCC(=O)N2CCCC(N3CCCC3)C2)n1.Cl. The summed E-state index contributed by atoms with van der Waals surface area (Å²) in [6, 6.07) is 0.566. The highest BCUT2D eigenvalue weighted by Gasteiger charge is 2.29. The van der Waals surface area contributed by atoms with Crippen LogP contribution in [0, 0.1) is 6.92 Å². The van der Waals surface area contributed by atoms with Crippen LogP contribution in [0.1, 0.15) is 43.8 Å². The monoisotopic (exact) mass is 328 g/mol. The number of carbonyl (C=O) groups is 1. The van der Waals surface area contributed by atoms with Crippen LogP contribution in [0.4, 0.5) is 0 Å². The van der Waals surface area contributed by atoms with Gasteiger partial charge in [0.2, 0.25) is 11.8 Å². The van der Waals surface area contributed by atoms with Gasteiger partial charge in [-0.3, -0.25) is 9.69 Å². The number of halogens is 1. The fraction of sp³-hybridized carbons (Fsp3) is 0.800. The third kappa shape index (κ3) is 4.20. The van der Waals surface area contributed by atoms with Crippen LogP contribution >= 0.6 is 12.4 Å². The molecule has 0 aromatic carbocycles. The normalized spacial score (nSPS) is 22.6. The summed E-state index contributed by atoms with van der Waals surface area (Å²) in [5.74, 6) is 1.41. The van der Waals surface area contributed by atoms with E-state index in [1.54, 1.807) is 6.92 Å². The minimum Gasteiger partial charge on any atom is -0.341 e. The van der Waals surface area contributed by atoms with E-state index in [9.17, 15) is 4.79 Å². The molecule has 0 radical (unpaired) electrons. The van der Waals surface area contributed by atoms with Crippen LogP contribution in [0.15, 0.2) is 4.52 Å². The molecule has 22 heavy (non-hydrogen) atoms. The lowest BCUT2D eigenvalue weighted by atomic mass is 10.0. The highest BCUT2D eigenvalue weighted by atomic mass is 35.5. The Morgan fingerprint density at radius 1 is 1.27 bits per heavy atom. The molecule has 1 aromatic rings. The summed E-state index contributed by atoms with van der Waals surface area (Å²) in [6.07, 6.45) is 5.97. The van der Waals surface area contributed by atoms with E-state index in [0.717, 1.165) is 19.5 Å². The van der Waals surface area contributed by atoms with Gasteiger partial charge in [-0.25, -0.2) is 0 Å². The van der Waals surface area contributed by atoms with Crippen molar-refractivity contribution in [3.05, 3.63) is 11.7 Å². The van der Waals surface area contributed by atoms with Gasteiger partial charge >= 0.3 is 0 Å². The zero-order chi connectivity index (χ0) is 14.7. The van der Waals surface area contributed by atoms with Gasteiger partial charge in [-0.15, -0.1) is 12.4 Å². The van der Waals surface area contributed by atoms with Gasteiger partial charge in [0.15, 0.2) is 5.82 Å². The average Bonchev–Trinajstić information content (AvgIpc) is 3.16. The zero-order valence-corrected chi connectivity index (χ0v) is 14.0. The van der Waals surface area contributed by atoms with Crippen LogP contribution < -0.4 is 0 Å². The van der Waals surface area contributed by atoms with E-state index in [2.05, 4.69) is 15.0 Å². The lowest BCUT2D eigenvalue weighted by Gasteiger charge is -2.37. The highest BCUT2D eigenvalue weighted by Crippen LogP contribution is 2.21. The minimum atomic E-state index is 0. The third-order valence-corrected chi connectivity index (χ3v) is 4.53. The maximum atomic E-state index is 12.4. The second-order valence-corrected chi connectivity index (χ2v) is 6.11. The number of piperidine rings is 1. The van der Waals surface area contributed by atoms with Crippen molar-refractivity contribution in [3.63, 3.8) is 0 Å². The molecule has 1 unspecified atom stereocenters. The number of nitrogens with zero attached hydrogens (tertiary/aromatic N) is 4. The molecule has 2 aliphatic rings. The van der Waals surface area contributed by atoms with Gasteiger partial charge in [0.05, 0.1) is 0 Å². The number of aromatic nitrogens is 2. The number of likely N-dealkylation sites (tertiary alicyclic amines) is 2. The number of amides is 1. The summed E-state index contributed by atoms with van der Waals surface area (Å²) in [6.45, 7) is 5.98. The number of hydrogen-bond donors (Lipinski definition) is 0. The first-order valence-corrected chi connectivity index (χ1v) is 8.03. The molecule has 0 bridgehead atoms. The van der Waals surface area contributed by atoms with Crippen molar-refractivity contribution in [2.24, 2.45) is 0 Å². The van der Waals surface area contributed by atoms with Gasteiger partial charge in [0.25, 0.3) is 0 Å². The van der Waals surface area contributed by atoms with Gasteiger partial charge in [-0.2, -0.15) is 4.98 Å². The van der Waals surface area contributed by atoms with Crippen molar-refractivity contribution in [3.8, 4) is 0 Å². The van der Waals surface area contributed by atoms with Crippen LogP contribution in [-0.4, -0.2) is 58.1 Å². The second kappa shape index (κ2) is 7.92. The van der Waals surface area contributed by atoms with E-state index >= 15 is 0 Å². The molecule has 1 amide bonds. The van der Waals surface area contributed by atoms with E-state index in [1.165, 1.54) is 32.4 Å². The molecule has 7 heteroatoms. The molecule has 0 N–H and O–H groups in total. The molecule has 3 heterocycles. The number of rotatable bonds is 4. The summed E-state index contributed by atoms with van der Waals surface area (Å²) in [7, 11) is 0. The Balaban J connectivity index is 0.00000176. The molecule has 0 saturated carbocycles. The third-order valence-electron chi connectivity index (χ3n) is 4.53. The molecule has 0 aliphatic carbocycles. The maximum absolute atomic E-state index is 12.4. The fourth-order valence-corrected chi connectivity index (χ4v) is 3.40. The largest absolute Gasteiger partial charge is 0.341 e. The van der Waals surface area contributed by atoms with E-state index < -0.39 is 0 Å². The minimum absolute atomic E-state index is 0.